The third-order valence-electron chi connectivity index (χ3n) is 2.34. The van der Waals surface area contributed by atoms with Crippen LogP contribution in [-0.4, -0.2) is 20.6 Å². The standard InChI is InChI=1S/C10H8F3N3O2/c1-2-5-3-7(10(11,12)13)16-8(14-5)4-6(15-16)9(17)18/h3-4H,2H2,1H3,(H,17,18)/p-1. The van der Waals surface area contributed by atoms with Crippen molar-refractivity contribution >= 4 is 11.6 Å². The van der Waals surface area contributed by atoms with E-state index >= 15 is 0 Å². The van der Waals surface area contributed by atoms with Crippen LogP contribution in [0.3, 0.4) is 0 Å². The molecule has 2 aromatic rings. The predicted octanol–water partition coefficient (Wildman–Crippen LogP) is 0.674. The van der Waals surface area contributed by atoms with E-state index < -0.39 is 23.5 Å². The summed E-state index contributed by atoms with van der Waals surface area (Å²) < 4.78 is 38.8. The molecule has 0 amide bonds. The molecular formula is C10H7F3N3O2-. The highest BCUT2D eigenvalue weighted by molar-refractivity contribution is 5.84. The van der Waals surface area contributed by atoms with Crippen molar-refractivity contribution in [3.63, 3.8) is 0 Å². The van der Waals surface area contributed by atoms with Gasteiger partial charge in [-0.2, -0.15) is 18.3 Å². The van der Waals surface area contributed by atoms with Crippen LogP contribution in [0.25, 0.3) is 5.65 Å². The second-order valence-electron chi connectivity index (χ2n) is 3.57. The van der Waals surface area contributed by atoms with E-state index in [2.05, 4.69) is 10.1 Å². The van der Waals surface area contributed by atoms with Crippen molar-refractivity contribution in [1.82, 2.24) is 14.6 Å². The van der Waals surface area contributed by atoms with E-state index in [1.54, 1.807) is 6.92 Å². The first kappa shape index (κ1) is 12.3. The molecule has 18 heavy (non-hydrogen) atoms. The molecule has 0 bridgehead atoms. The van der Waals surface area contributed by atoms with Crippen LogP contribution in [0.15, 0.2) is 12.1 Å². The lowest BCUT2D eigenvalue weighted by molar-refractivity contribution is -0.255. The van der Waals surface area contributed by atoms with E-state index in [0.29, 0.717) is 10.9 Å². The Morgan fingerprint density at radius 3 is 2.61 bits per heavy atom. The molecule has 0 N–H and O–H groups in total. The summed E-state index contributed by atoms with van der Waals surface area (Å²) in [7, 11) is 0. The number of carboxylic acids is 1. The van der Waals surface area contributed by atoms with Gasteiger partial charge in [-0.15, -0.1) is 0 Å². The zero-order chi connectivity index (χ0) is 13.5. The number of aryl methyl sites for hydroxylation is 1. The third kappa shape index (κ3) is 2.01. The smallest absolute Gasteiger partial charge is 0.433 e. The molecule has 2 rings (SSSR count). The van der Waals surface area contributed by atoms with Gasteiger partial charge < -0.3 is 9.90 Å². The van der Waals surface area contributed by atoms with E-state index in [1.165, 1.54) is 0 Å². The van der Waals surface area contributed by atoms with E-state index in [9.17, 15) is 23.1 Å². The first-order valence-corrected chi connectivity index (χ1v) is 5.01. The maximum Gasteiger partial charge on any atom is 0.433 e. The normalized spacial score (nSPS) is 12.0. The number of carbonyl (C=O) groups is 1. The SMILES string of the molecule is CCc1cc(C(F)(F)F)n2nc(C(=O)[O-])cc2n1. The van der Waals surface area contributed by atoms with Gasteiger partial charge >= 0.3 is 6.18 Å². The number of carbonyl (C=O) groups excluding carboxylic acids is 1. The third-order valence-corrected chi connectivity index (χ3v) is 2.34. The van der Waals surface area contributed by atoms with E-state index in [0.717, 1.165) is 12.1 Å². The number of halogens is 3. The molecule has 0 aromatic carbocycles. The highest BCUT2D eigenvalue weighted by Gasteiger charge is 2.35. The van der Waals surface area contributed by atoms with E-state index in [4.69, 9.17) is 0 Å². The van der Waals surface area contributed by atoms with Gasteiger partial charge in [0.2, 0.25) is 0 Å². The Labute approximate surface area is 98.9 Å². The highest BCUT2D eigenvalue weighted by Crippen LogP contribution is 2.30. The van der Waals surface area contributed by atoms with Crippen molar-refractivity contribution in [2.24, 2.45) is 0 Å². The van der Waals surface area contributed by atoms with Gasteiger partial charge in [-0.25, -0.2) is 9.50 Å². The number of rotatable bonds is 2. The number of hydrogen-bond acceptors (Lipinski definition) is 4. The predicted molar refractivity (Wildman–Crippen MR) is 51.7 cm³/mol. The average molecular weight is 258 g/mol. The summed E-state index contributed by atoms with van der Waals surface area (Å²) in [6.07, 6.45) is -4.34. The molecule has 0 spiro atoms. The van der Waals surface area contributed by atoms with Gasteiger partial charge in [0.25, 0.3) is 0 Å². The largest absolute Gasteiger partial charge is 0.543 e. The van der Waals surface area contributed by atoms with E-state index in [1.807, 2.05) is 0 Å². The molecule has 8 heteroatoms. The first-order chi connectivity index (χ1) is 8.32. The fraction of sp³-hybridized carbons (Fsp3) is 0.300. The molecular weight excluding hydrogens is 251 g/mol. The molecule has 5 nitrogen and oxygen atoms in total. The van der Waals surface area contributed by atoms with Gasteiger partial charge in [-0.3, -0.25) is 0 Å². The van der Waals surface area contributed by atoms with Gasteiger partial charge in [0, 0.05) is 11.8 Å². The number of nitrogens with zero attached hydrogens (tertiary/aromatic N) is 3. The molecule has 0 saturated heterocycles. The number of hydrogen-bond donors (Lipinski definition) is 0. The Bertz CT molecular complexity index is 619. The summed E-state index contributed by atoms with van der Waals surface area (Å²) >= 11 is 0. The fourth-order valence-corrected chi connectivity index (χ4v) is 1.51. The summed E-state index contributed by atoms with van der Waals surface area (Å²) in [5.74, 6) is -1.65. The number of fused-ring (bicyclic) bond motifs is 1. The molecule has 0 radical (unpaired) electrons. The first-order valence-electron chi connectivity index (χ1n) is 5.01. The maximum absolute atomic E-state index is 12.8. The lowest BCUT2D eigenvalue weighted by Gasteiger charge is -2.09. The molecule has 0 aliphatic rings. The zero-order valence-corrected chi connectivity index (χ0v) is 9.15. The molecule has 0 atom stereocenters. The lowest BCUT2D eigenvalue weighted by atomic mass is 10.2. The van der Waals surface area contributed by atoms with Crippen LogP contribution in [0.4, 0.5) is 13.2 Å². The Balaban J connectivity index is 2.77. The number of aromatic nitrogens is 3. The van der Waals surface area contributed by atoms with Crippen molar-refractivity contribution in [3.05, 3.63) is 29.2 Å². The van der Waals surface area contributed by atoms with E-state index in [-0.39, 0.29) is 11.3 Å². The second-order valence-corrected chi connectivity index (χ2v) is 3.57. The number of aromatic carboxylic acids is 1. The van der Waals surface area contributed by atoms with Crippen LogP contribution in [0.2, 0.25) is 0 Å². The molecule has 96 valence electrons. The van der Waals surface area contributed by atoms with Gasteiger partial charge in [-0.05, 0) is 12.5 Å². The molecule has 0 fully saturated rings. The molecule has 0 aliphatic heterocycles. The summed E-state index contributed by atoms with van der Waals surface area (Å²) in [6, 6.07) is 1.79. The highest BCUT2D eigenvalue weighted by atomic mass is 19.4. The summed E-state index contributed by atoms with van der Waals surface area (Å²) in [5.41, 5.74) is -1.60. The number of alkyl halides is 3. The monoisotopic (exact) mass is 258 g/mol. The fourth-order valence-electron chi connectivity index (χ4n) is 1.51. The molecule has 0 saturated carbocycles. The Morgan fingerprint density at radius 1 is 1.44 bits per heavy atom. The van der Waals surface area contributed by atoms with Gasteiger partial charge in [0.05, 0.1) is 5.97 Å². The Morgan fingerprint density at radius 2 is 2.11 bits per heavy atom. The van der Waals surface area contributed by atoms with Crippen molar-refractivity contribution in [3.8, 4) is 0 Å². The van der Waals surface area contributed by atoms with Crippen molar-refractivity contribution < 1.29 is 23.1 Å². The summed E-state index contributed by atoms with van der Waals surface area (Å²) in [6.45, 7) is 1.65. The van der Waals surface area contributed by atoms with Crippen molar-refractivity contribution in [1.29, 1.82) is 0 Å². The number of carboxylic acid groups (broad SMARTS) is 1. The van der Waals surface area contributed by atoms with Crippen LogP contribution in [0, 0.1) is 0 Å². The van der Waals surface area contributed by atoms with Crippen molar-refractivity contribution in [2.75, 3.05) is 0 Å². The summed E-state index contributed by atoms with van der Waals surface area (Å²) in [4.78, 5) is 14.5. The van der Waals surface area contributed by atoms with Crippen LogP contribution in [0.1, 0.15) is 28.8 Å². The van der Waals surface area contributed by atoms with Crippen LogP contribution >= 0.6 is 0 Å². The minimum absolute atomic E-state index is 0.166. The Kier molecular flexibility index (Phi) is 2.72. The molecule has 2 heterocycles. The molecule has 2 aromatic heterocycles. The van der Waals surface area contributed by atoms with Gasteiger partial charge in [-0.1, -0.05) is 6.92 Å². The Hall–Kier alpha value is -2.12. The topological polar surface area (TPSA) is 70.3 Å². The molecule has 0 unspecified atom stereocenters. The molecule has 0 aliphatic carbocycles. The van der Waals surface area contributed by atoms with Gasteiger partial charge in [0.1, 0.15) is 11.4 Å². The minimum atomic E-state index is -4.64. The van der Waals surface area contributed by atoms with Crippen molar-refractivity contribution in [2.45, 2.75) is 19.5 Å². The minimum Gasteiger partial charge on any atom is -0.543 e. The van der Waals surface area contributed by atoms with Crippen LogP contribution in [0.5, 0.6) is 0 Å². The quantitative estimate of drug-likeness (QED) is 0.794. The van der Waals surface area contributed by atoms with Crippen LogP contribution < -0.4 is 5.11 Å². The summed E-state index contributed by atoms with van der Waals surface area (Å²) in [5, 5.41) is 13.9. The second kappa shape index (κ2) is 3.97. The maximum atomic E-state index is 12.8. The lowest BCUT2D eigenvalue weighted by Crippen LogP contribution is -2.23. The average Bonchev–Trinajstić information content (AvgIpc) is 2.69. The van der Waals surface area contributed by atoms with Crippen LogP contribution in [-0.2, 0) is 12.6 Å². The van der Waals surface area contributed by atoms with Gasteiger partial charge in [0.15, 0.2) is 5.65 Å². The zero-order valence-electron chi connectivity index (χ0n) is 9.15.